The molecule has 0 fully saturated rings. The molecule has 1 atom stereocenters. The van der Waals surface area contributed by atoms with E-state index >= 15 is 0 Å². The smallest absolute Gasteiger partial charge is 0.253 e. The van der Waals surface area contributed by atoms with Crippen LogP contribution in [0, 0.1) is 0 Å². The first-order valence-corrected chi connectivity index (χ1v) is 9.94. The minimum Gasteiger partial charge on any atom is -0.497 e. The lowest BCUT2D eigenvalue weighted by Crippen LogP contribution is -2.28. The zero-order chi connectivity index (χ0) is 21.3. The van der Waals surface area contributed by atoms with Crippen LogP contribution in [0.5, 0.6) is 5.75 Å². The monoisotopic (exact) mass is 402 g/mol. The maximum Gasteiger partial charge on any atom is 0.253 e. The minimum absolute atomic E-state index is 0.137. The number of aryl methyl sites for hydroxylation is 1. The number of anilines is 1. The molecule has 0 aromatic heterocycles. The Kier molecular flexibility index (Phi) is 7.22. The van der Waals surface area contributed by atoms with Crippen LogP contribution >= 0.6 is 0 Å². The average Bonchev–Trinajstić information content (AvgIpc) is 2.79. The van der Waals surface area contributed by atoms with Crippen molar-refractivity contribution in [3.05, 3.63) is 95.6 Å². The molecule has 0 heterocycles. The Morgan fingerprint density at radius 2 is 1.57 bits per heavy atom. The van der Waals surface area contributed by atoms with Gasteiger partial charge in [0.25, 0.3) is 5.91 Å². The maximum absolute atomic E-state index is 12.8. The third kappa shape index (κ3) is 5.70. The first-order valence-electron chi connectivity index (χ1n) is 9.94. The Morgan fingerprint density at radius 1 is 0.900 bits per heavy atom. The number of para-hydroxylation sites is 1. The van der Waals surface area contributed by atoms with Gasteiger partial charge in [-0.05, 0) is 48.7 Å². The molecule has 5 heteroatoms. The van der Waals surface area contributed by atoms with Crippen LogP contribution in [0.1, 0.15) is 40.9 Å². The van der Waals surface area contributed by atoms with Crippen molar-refractivity contribution in [2.45, 2.75) is 25.8 Å². The topological polar surface area (TPSA) is 67.4 Å². The van der Waals surface area contributed by atoms with E-state index in [0.29, 0.717) is 24.1 Å². The molecule has 30 heavy (non-hydrogen) atoms. The van der Waals surface area contributed by atoms with Gasteiger partial charge in [0.2, 0.25) is 5.91 Å². The van der Waals surface area contributed by atoms with Crippen molar-refractivity contribution in [2.75, 3.05) is 12.4 Å². The minimum atomic E-state index is -0.225. The molecular formula is C25H26N2O3. The summed E-state index contributed by atoms with van der Waals surface area (Å²) in [5, 5.41) is 5.87. The van der Waals surface area contributed by atoms with Crippen molar-refractivity contribution in [1.82, 2.24) is 5.32 Å². The molecule has 0 bridgehead atoms. The van der Waals surface area contributed by atoms with E-state index in [4.69, 9.17) is 4.74 Å². The van der Waals surface area contributed by atoms with Crippen molar-refractivity contribution in [3.63, 3.8) is 0 Å². The highest BCUT2D eigenvalue weighted by Crippen LogP contribution is 2.19. The number of hydrogen-bond donors (Lipinski definition) is 2. The van der Waals surface area contributed by atoms with Crippen LogP contribution in [0.2, 0.25) is 0 Å². The molecule has 3 rings (SSSR count). The summed E-state index contributed by atoms with van der Waals surface area (Å²) < 4.78 is 5.15. The lowest BCUT2D eigenvalue weighted by molar-refractivity contribution is -0.116. The van der Waals surface area contributed by atoms with E-state index in [-0.39, 0.29) is 17.9 Å². The quantitative estimate of drug-likeness (QED) is 0.571. The van der Waals surface area contributed by atoms with Gasteiger partial charge < -0.3 is 15.4 Å². The van der Waals surface area contributed by atoms with E-state index in [1.54, 1.807) is 31.4 Å². The van der Waals surface area contributed by atoms with Gasteiger partial charge in [0, 0.05) is 6.42 Å². The lowest BCUT2D eigenvalue weighted by Gasteiger charge is -2.16. The van der Waals surface area contributed by atoms with Crippen molar-refractivity contribution >= 4 is 17.5 Å². The van der Waals surface area contributed by atoms with Crippen molar-refractivity contribution < 1.29 is 14.3 Å². The molecule has 0 radical (unpaired) electrons. The zero-order valence-electron chi connectivity index (χ0n) is 17.2. The number of rotatable bonds is 8. The Morgan fingerprint density at radius 3 is 2.27 bits per heavy atom. The van der Waals surface area contributed by atoms with E-state index < -0.39 is 0 Å². The first kappa shape index (κ1) is 21.1. The van der Waals surface area contributed by atoms with E-state index in [9.17, 15) is 9.59 Å². The average molecular weight is 402 g/mol. The molecule has 0 saturated carbocycles. The van der Waals surface area contributed by atoms with Crippen LogP contribution in [-0.4, -0.2) is 18.9 Å². The summed E-state index contributed by atoms with van der Waals surface area (Å²) in [7, 11) is 1.62. The van der Waals surface area contributed by atoms with Crippen LogP contribution in [0.4, 0.5) is 5.69 Å². The number of benzene rings is 3. The molecule has 0 saturated heterocycles. The fourth-order valence-electron chi connectivity index (χ4n) is 3.15. The summed E-state index contributed by atoms with van der Waals surface area (Å²) in [5.74, 6) is 0.424. The van der Waals surface area contributed by atoms with Gasteiger partial charge >= 0.3 is 0 Å². The van der Waals surface area contributed by atoms with Crippen LogP contribution < -0.4 is 15.4 Å². The SMILES string of the molecule is COc1ccc(CCC(=O)Nc2ccccc2C(=O)N[C@@H](C)c2ccccc2)cc1. The van der Waals surface area contributed by atoms with Gasteiger partial charge in [0.05, 0.1) is 24.4 Å². The number of methoxy groups -OCH3 is 1. The van der Waals surface area contributed by atoms with Gasteiger partial charge in [0.1, 0.15) is 5.75 Å². The highest BCUT2D eigenvalue weighted by atomic mass is 16.5. The van der Waals surface area contributed by atoms with E-state index in [1.165, 1.54) is 0 Å². The molecule has 0 aliphatic rings. The number of amides is 2. The Hall–Kier alpha value is -3.60. The van der Waals surface area contributed by atoms with Gasteiger partial charge in [-0.1, -0.05) is 54.6 Å². The second-order valence-electron chi connectivity index (χ2n) is 7.05. The summed E-state index contributed by atoms with van der Waals surface area (Å²) in [4.78, 5) is 25.3. The number of ether oxygens (including phenoxy) is 1. The van der Waals surface area contributed by atoms with Gasteiger partial charge in [0.15, 0.2) is 0 Å². The van der Waals surface area contributed by atoms with Crippen LogP contribution in [0.3, 0.4) is 0 Å². The van der Waals surface area contributed by atoms with E-state index in [0.717, 1.165) is 16.9 Å². The Bertz CT molecular complexity index is 985. The largest absolute Gasteiger partial charge is 0.497 e. The highest BCUT2D eigenvalue weighted by Gasteiger charge is 2.16. The van der Waals surface area contributed by atoms with Gasteiger partial charge in [-0.15, -0.1) is 0 Å². The standard InChI is InChI=1S/C25H26N2O3/c1-18(20-8-4-3-5-9-20)26-25(29)22-10-6-7-11-23(22)27-24(28)17-14-19-12-15-21(30-2)16-13-19/h3-13,15-16,18H,14,17H2,1-2H3,(H,26,29)(H,27,28)/t18-/m0/s1. The molecule has 5 nitrogen and oxygen atoms in total. The van der Waals surface area contributed by atoms with Crippen LogP contribution in [-0.2, 0) is 11.2 Å². The molecule has 0 aliphatic carbocycles. The number of carbonyl (C=O) groups excluding carboxylic acids is 2. The number of carbonyl (C=O) groups is 2. The fraction of sp³-hybridized carbons (Fsp3) is 0.200. The first-order chi connectivity index (χ1) is 14.6. The number of nitrogens with one attached hydrogen (secondary N) is 2. The third-order valence-electron chi connectivity index (χ3n) is 4.89. The molecule has 154 valence electrons. The third-order valence-corrected chi connectivity index (χ3v) is 4.89. The predicted octanol–water partition coefficient (Wildman–Crippen LogP) is 4.76. The van der Waals surface area contributed by atoms with Crippen LogP contribution in [0.25, 0.3) is 0 Å². The van der Waals surface area contributed by atoms with E-state index in [1.807, 2.05) is 61.5 Å². The molecular weight excluding hydrogens is 376 g/mol. The molecule has 0 unspecified atom stereocenters. The summed E-state index contributed by atoms with van der Waals surface area (Å²) in [5.41, 5.74) is 3.02. The molecule has 0 aliphatic heterocycles. The van der Waals surface area contributed by atoms with E-state index in [2.05, 4.69) is 10.6 Å². The summed E-state index contributed by atoms with van der Waals surface area (Å²) >= 11 is 0. The van der Waals surface area contributed by atoms with Crippen molar-refractivity contribution in [1.29, 1.82) is 0 Å². The lowest BCUT2D eigenvalue weighted by atomic mass is 10.1. The molecule has 0 spiro atoms. The molecule has 3 aromatic rings. The van der Waals surface area contributed by atoms with Gasteiger partial charge in [-0.3, -0.25) is 9.59 Å². The predicted molar refractivity (Wildman–Crippen MR) is 119 cm³/mol. The molecule has 2 N–H and O–H groups in total. The summed E-state index contributed by atoms with van der Waals surface area (Å²) in [6.45, 7) is 1.93. The van der Waals surface area contributed by atoms with Crippen molar-refractivity contribution in [3.8, 4) is 5.75 Å². The zero-order valence-corrected chi connectivity index (χ0v) is 17.2. The normalized spacial score (nSPS) is 11.4. The second kappa shape index (κ2) is 10.3. The highest BCUT2D eigenvalue weighted by molar-refractivity contribution is 6.03. The fourth-order valence-corrected chi connectivity index (χ4v) is 3.15. The summed E-state index contributed by atoms with van der Waals surface area (Å²) in [6, 6.07) is 24.3. The number of hydrogen-bond acceptors (Lipinski definition) is 3. The Balaban J connectivity index is 1.61. The van der Waals surface area contributed by atoms with Crippen LogP contribution in [0.15, 0.2) is 78.9 Å². The molecule has 3 aromatic carbocycles. The Labute approximate surface area is 177 Å². The van der Waals surface area contributed by atoms with Gasteiger partial charge in [-0.2, -0.15) is 0 Å². The summed E-state index contributed by atoms with van der Waals surface area (Å²) in [6.07, 6.45) is 0.929. The molecule has 2 amide bonds. The second-order valence-corrected chi connectivity index (χ2v) is 7.05. The van der Waals surface area contributed by atoms with Crippen molar-refractivity contribution in [2.24, 2.45) is 0 Å². The maximum atomic E-state index is 12.8. The van der Waals surface area contributed by atoms with Gasteiger partial charge in [-0.25, -0.2) is 0 Å².